The van der Waals surface area contributed by atoms with Gasteiger partial charge in [0, 0.05) is 28.5 Å². The zero-order chi connectivity index (χ0) is 19.3. The third kappa shape index (κ3) is 6.54. The molecule has 9 nitrogen and oxygen atoms in total. The number of nitrogens with zero attached hydrogens (tertiary/aromatic N) is 1. The van der Waals surface area contributed by atoms with Gasteiger partial charge >= 0.3 is 51.4 Å². The predicted molar refractivity (Wildman–Crippen MR) is 94.0 cm³/mol. The van der Waals surface area contributed by atoms with E-state index < -0.39 is 35.6 Å². The number of carbonyl (C=O) groups is 2. The van der Waals surface area contributed by atoms with E-state index in [1.54, 1.807) is 0 Å². The number of aliphatic carboxylic acids is 1. The van der Waals surface area contributed by atoms with Crippen LogP contribution in [0.3, 0.4) is 0 Å². The minimum Gasteiger partial charge on any atom is -0.544 e. The number of amides is 1. The first-order valence-corrected chi connectivity index (χ1v) is 9.37. The van der Waals surface area contributed by atoms with Crippen molar-refractivity contribution in [2.24, 2.45) is 0 Å². The van der Waals surface area contributed by atoms with E-state index in [1.807, 2.05) is 0 Å². The summed E-state index contributed by atoms with van der Waals surface area (Å²) in [5.41, 5.74) is 0.0969. The molecule has 1 unspecified atom stereocenters. The van der Waals surface area contributed by atoms with Crippen molar-refractivity contribution < 1.29 is 81.2 Å². The van der Waals surface area contributed by atoms with Gasteiger partial charge in [0.15, 0.2) is 0 Å². The molecule has 140 valence electrons. The molecule has 1 heterocycles. The zero-order valence-corrected chi connectivity index (χ0v) is 19.0. The van der Waals surface area contributed by atoms with E-state index >= 15 is 0 Å². The molecule has 1 aromatic rings. The SMILES string of the molecule is O=C([O-])C1=C(C(=O)NC(CO)[C@@H](O)c2ccc([N+](=O)[O-])cc2)SCCS1.[K+]. The van der Waals surface area contributed by atoms with Crippen molar-refractivity contribution in [1.82, 2.24) is 5.32 Å². The van der Waals surface area contributed by atoms with E-state index in [0.29, 0.717) is 11.5 Å². The van der Waals surface area contributed by atoms with E-state index in [0.717, 1.165) is 23.5 Å². The summed E-state index contributed by atoms with van der Waals surface area (Å²) in [6.07, 6.45) is -1.34. The average molecular weight is 439 g/mol. The van der Waals surface area contributed by atoms with Crippen molar-refractivity contribution in [3.63, 3.8) is 0 Å². The summed E-state index contributed by atoms with van der Waals surface area (Å²) >= 11 is 2.06. The minimum absolute atomic E-state index is 0. The second kappa shape index (κ2) is 11.5. The van der Waals surface area contributed by atoms with Gasteiger partial charge in [-0.15, -0.1) is 23.5 Å². The van der Waals surface area contributed by atoms with Crippen LogP contribution in [0, 0.1) is 10.1 Å². The van der Waals surface area contributed by atoms with Crippen molar-refractivity contribution in [1.29, 1.82) is 0 Å². The molecule has 3 N–H and O–H groups in total. The monoisotopic (exact) mass is 438 g/mol. The fraction of sp³-hybridized carbons (Fsp3) is 0.333. The summed E-state index contributed by atoms with van der Waals surface area (Å²) in [7, 11) is 0. The van der Waals surface area contributed by atoms with Crippen LogP contribution in [0.2, 0.25) is 0 Å². The van der Waals surface area contributed by atoms with Crippen LogP contribution in [0.15, 0.2) is 34.1 Å². The van der Waals surface area contributed by atoms with Crippen LogP contribution in [0.5, 0.6) is 0 Å². The number of carboxylic acids is 1. The Balaban J connectivity index is 0.00000364. The quantitative estimate of drug-likeness (QED) is 0.224. The van der Waals surface area contributed by atoms with E-state index in [9.17, 15) is 35.0 Å². The molecule has 1 aliphatic rings. The predicted octanol–water partition coefficient (Wildman–Crippen LogP) is -3.45. The standard InChI is InChI=1S/C15H16N2O7S2.K/c18-7-10(11(19)8-1-3-9(4-2-8)17(23)24)16-14(20)12-13(15(21)22)26-6-5-25-12;/h1-4,10-11,18-19H,5-7H2,(H,16,20)(H,21,22);/q;+1/p-1/t10?,11-;/m0./s1. The van der Waals surface area contributed by atoms with Gasteiger partial charge in [-0.1, -0.05) is 0 Å². The topological polar surface area (TPSA) is 153 Å². The van der Waals surface area contributed by atoms with E-state index in [1.165, 1.54) is 24.3 Å². The van der Waals surface area contributed by atoms with Gasteiger partial charge in [-0.25, -0.2) is 0 Å². The maximum Gasteiger partial charge on any atom is 1.00 e. The Hall–Kier alpha value is -0.444. The summed E-state index contributed by atoms with van der Waals surface area (Å²) in [4.78, 5) is 33.3. The second-order valence-electron chi connectivity index (χ2n) is 5.20. The molecule has 1 aliphatic heterocycles. The van der Waals surface area contributed by atoms with E-state index in [2.05, 4.69) is 5.32 Å². The van der Waals surface area contributed by atoms with E-state index in [4.69, 9.17) is 0 Å². The number of nitro benzene ring substituents is 1. The number of aliphatic hydroxyl groups excluding tert-OH is 2. The van der Waals surface area contributed by atoms with Crippen LogP contribution in [0.25, 0.3) is 0 Å². The van der Waals surface area contributed by atoms with Gasteiger partial charge in [-0.05, 0) is 17.7 Å². The summed E-state index contributed by atoms with van der Waals surface area (Å²) in [6.45, 7) is -0.615. The summed E-state index contributed by atoms with van der Waals surface area (Å²) in [5, 5.41) is 44.0. The molecule has 0 bridgehead atoms. The summed E-state index contributed by atoms with van der Waals surface area (Å²) < 4.78 is 0. The fourth-order valence-corrected chi connectivity index (χ4v) is 4.40. The molecule has 0 saturated heterocycles. The van der Waals surface area contributed by atoms with Crippen LogP contribution in [0.4, 0.5) is 5.69 Å². The average Bonchev–Trinajstić information content (AvgIpc) is 2.65. The molecule has 0 spiro atoms. The zero-order valence-electron chi connectivity index (χ0n) is 14.3. The van der Waals surface area contributed by atoms with Gasteiger partial charge in [0.05, 0.1) is 28.4 Å². The van der Waals surface area contributed by atoms with Gasteiger partial charge in [0.2, 0.25) is 0 Å². The minimum atomic E-state index is -1.45. The van der Waals surface area contributed by atoms with Gasteiger partial charge in [-0.2, -0.15) is 0 Å². The molecule has 1 amide bonds. The van der Waals surface area contributed by atoms with Gasteiger partial charge in [-0.3, -0.25) is 14.9 Å². The molecule has 0 radical (unpaired) electrons. The fourth-order valence-electron chi connectivity index (χ4n) is 2.22. The van der Waals surface area contributed by atoms with Crippen molar-refractivity contribution >= 4 is 41.1 Å². The molecular weight excluding hydrogens is 423 g/mol. The number of carbonyl (C=O) groups excluding carboxylic acids is 2. The molecule has 2 rings (SSSR count). The number of nitro groups is 1. The number of hydrogen-bond acceptors (Lipinski definition) is 9. The molecule has 27 heavy (non-hydrogen) atoms. The Morgan fingerprint density at radius 1 is 1.19 bits per heavy atom. The first kappa shape index (κ1) is 24.6. The van der Waals surface area contributed by atoms with E-state index in [-0.39, 0.29) is 72.4 Å². The number of thioether (sulfide) groups is 2. The van der Waals surface area contributed by atoms with Gasteiger partial charge in [0.25, 0.3) is 11.6 Å². The first-order valence-electron chi connectivity index (χ1n) is 7.40. The largest absolute Gasteiger partial charge is 1.00 e. The number of carboxylic acid groups (broad SMARTS) is 1. The second-order valence-corrected chi connectivity index (χ2v) is 7.41. The van der Waals surface area contributed by atoms with Crippen LogP contribution in [-0.4, -0.2) is 51.2 Å². The maximum absolute atomic E-state index is 12.4. The maximum atomic E-state index is 12.4. The molecule has 1 aromatic carbocycles. The third-order valence-corrected chi connectivity index (χ3v) is 6.06. The smallest absolute Gasteiger partial charge is 0.544 e. The first-order chi connectivity index (χ1) is 12.3. The molecular formula is C15H15KN2O7S2. The van der Waals surface area contributed by atoms with Crippen molar-refractivity contribution in [2.45, 2.75) is 12.1 Å². The summed E-state index contributed by atoms with van der Waals surface area (Å²) in [5.74, 6) is -1.12. The Labute approximate surface area is 205 Å². The Bertz CT molecular complexity index is 742. The Morgan fingerprint density at radius 3 is 2.22 bits per heavy atom. The van der Waals surface area contributed by atoms with Gasteiger partial charge in [0.1, 0.15) is 6.10 Å². The normalized spacial score (nSPS) is 16.1. The number of hydrogen-bond donors (Lipinski definition) is 3. The summed E-state index contributed by atoms with van der Waals surface area (Å²) in [6, 6.07) is 3.90. The molecule has 0 fully saturated rings. The number of aliphatic hydroxyl groups is 2. The number of non-ortho nitro benzene ring substituents is 1. The Kier molecular flexibility index (Phi) is 10.5. The van der Waals surface area contributed by atoms with Crippen LogP contribution in [-0.2, 0) is 9.59 Å². The van der Waals surface area contributed by atoms with Gasteiger partial charge < -0.3 is 25.4 Å². The van der Waals surface area contributed by atoms with Crippen LogP contribution >= 0.6 is 23.5 Å². The van der Waals surface area contributed by atoms with Crippen molar-refractivity contribution in [2.75, 3.05) is 18.1 Å². The third-order valence-electron chi connectivity index (χ3n) is 3.51. The molecule has 0 aliphatic carbocycles. The van der Waals surface area contributed by atoms with Crippen LogP contribution in [0.1, 0.15) is 11.7 Å². The van der Waals surface area contributed by atoms with Crippen molar-refractivity contribution in [3.8, 4) is 0 Å². The number of nitrogens with one attached hydrogen (secondary N) is 1. The molecule has 12 heteroatoms. The molecule has 0 saturated carbocycles. The van der Waals surface area contributed by atoms with Crippen LogP contribution < -0.4 is 61.8 Å². The Morgan fingerprint density at radius 2 is 1.74 bits per heavy atom. The number of rotatable bonds is 7. The molecule has 2 atom stereocenters. The molecule has 0 aromatic heterocycles. The van der Waals surface area contributed by atoms with Crippen molar-refractivity contribution in [3.05, 3.63) is 49.8 Å². The number of benzene rings is 1.